The van der Waals surface area contributed by atoms with Gasteiger partial charge in [-0.1, -0.05) is 18.2 Å². The van der Waals surface area contributed by atoms with Gasteiger partial charge in [-0.15, -0.1) is 5.10 Å². The van der Waals surface area contributed by atoms with Gasteiger partial charge in [0.1, 0.15) is 11.4 Å². The summed E-state index contributed by atoms with van der Waals surface area (Å²) in [7, 11) is 0. The van der Waals surface area contributed by atoms with E-state index in [0.29, 0.717) is 30.1 Å². The van der Waals surface area contributed by atoms with E-state index in [4.69, 9.17) is 5.73 Å². The molecule has 142 valence electrons. The zero-order valence-corrected chi connectivity index (χ0v) is 15.2. The number of fused-ring (bicyclic) bond motifs is 1. The Morgan fingerprint density at radius 2 is 2.04 bits per heavy atom. The van der Waals surface area contributed by atoms with Crippen LogP contribution >= 0.6 is 0 Å². The molecule has 1 aliphatic rings. The van der Waals surface area contributed by atoms with Gasteiger partial charge in [-0.3, -0.25) is 19.5 Å². The monoisotopic (exact) mass is 377 g/mol. The first kappa shape index (κ1) is 17.7. The Morgan fingerprint density at radius 3 is 2.82 bits per heavy atom. The lowest BCUT2D eigenvalue weighted by Gasteiger charge is -2.31. The van der Waals surface area contributed by atoms with Crippen LogP contribution in [-0.4, -0.2) is 44.8 Å². The zero-order valence-electron chi connectivity index (χ0n) is 15.2. The number of nitrogens with two attached hydrogens (primary N) is 1. The van der Waals surface area contributed by atoms with Crippen LogP contribution in [-0.2, 0) is 4.79 Å². The molecule has 2 aromatic heterocycles. The van der Waals surface area contributed by atoms with Gasteiger partial charge >= 0.3 is 0 Å². The minimum absolute atomic E-state index is 0.0607. The Balaban J connectivity index is 1.62. The highest BCUT2D eigenvalue weighted by molar-refractivity contribution is 6.21. The maximum Gasteiger partial charge on any atom is 0.259 e. The van der Waals surface area contributed by atoms with E-state index in [1.54, 1.807) is 30.3 Å². The summed E-state index contributed by atoms with van der Waals surface area (Å²) in [6, 6.07) is 10.4. The first-order chi connectivity index (χ1) is 13.6. The SMILES string of the molecule is C[C@H](NC(=O)c1c(N)nn2cccnc12)C1=NCCC(=O)N1c1ccccc1. The lowest BCUT2D eigenvalue weighted by atomic mass is 10.1. The van der Waals surface area contributed by atoms with Crippen LogP contribution in [0.15, 0.2) is 53.8 Å². The van der Waals surface area contributed by atoms with Crippen molar-refractivity contribution >= 4 is 34.8 Å². The van der Waals surface area contributed by atoms with Crippen LogP contribution in [0.25, 0.3) is 5.65 Å². The van der Waals surface area contributed by atoms with Crippen LogP contribution in [0.4, 0.5) is 11.5 Å². The number of hydrogen-bond donors (Lipinski definition) is 2. The van der Waals surface area contributed by atoms with E-state index in [9.17, 15) is 9.59 Å². The fourth-order valence-electron chi connectivity index (χ4n) is 3.22. The largest absolute Gasteiger partial charge is 0.381 e. The third-order valence-corrected chi connectivity index (χ3v) is 4.48. The van der Waals surface area contributed by atoms with E-state index in [1.165, 1.54) is 4.52 Å². The molecule has 1 atom stereocenters. The normalized spacial score (nSPS) is 15.4. The van der Waals surface area contributed by atoms with E-state index in [2.05, 4.69) is 20.4 Å². The number of hydrogen-bond acceptors (Lipinski definition) is 6. The molecule has 1 aliphatic heterocycles. The van der Waals surface area contributed by atoms with Crippen molar-refractivity contribution in [2.45, 2.75) is 19.4 Å². The number of amides is 2. The van der Waals surface area contributed by atoms with Crippen LogP contribution in [0.1, 0.15) is 23.7 Å². The average molecular weight is 377 g/mol. The summed E-state index contributed by atoms with van der Waals surface area (Å²) in [5.41, 5.74) is 7.20. The summed E-state index contributed by atoms with van der Waals surface area (Å²) >= 11 is 0. The van der Waals surface area contributed by atoms with E-state index in [1.807, 2.05) is 30.3 Å². The van der Waals surface area contributed by atoms with Crippen molar-refractivity contribution < 1.29 is 9.59 Å². The zero-order chi connectivity index (χ0) is 19.7. The van der Waals surface area contributed by atoms with Gasteiger partial charge < -0.3 is 11.1 Å². The molecular weight excluding hydrogens is 358 g/mol. The molecule has 1 aromatic carbocycles. The topological polar surface area (TPSA) is 118 Å². The van der Waals surface area contributed by atoms with Gasteiger partial charge in [-0.25, -0.2) is 9.50 Å². The first-order valence-corrected chi connectivity index (χ1v) is 8.88. The average Bonchev–Trinajstić information content (AvgIpc) is 3.04. The van der Waals surface area contributed by atoms with E-state index in [-0.39, 0.29) is 17.3 Å². The summed E-state index contributed by atoms with van der Waals surface area (Å²) in [6.07, 6.45) is 3.56. The third-order valence-electron chi connectivity index (χ3n) is 4.48. The van der Waals surface area contributed by atoms with Gasteiger partial charge in [0, 0.05) is 25.4 Å². The maximum atomic E-state index is 12.9. The van der Waals surface area contributed by atoms with Gasteiger partial charge in [0.2, 0.25) is 5.91 Å². The summed E-state index contributed by atoms with van der Waals surface area (Å²) < 4.78 is 1.45. The lowest BCUT2D eigenvalue weighted by molar-refractivity contribution is -0.117. The number of rotatable bonds is 4. The summed E-state index contributed by atoms with van der Waals surface area (Å²) in [5, 5.41) is 6.97. The molecule has 4 rings (SSSR count). The Kier molecular flexibility index (Phi) is 4.48. The molecule has 0 saturated heterocycles. The molecule has 0 saturated carbocycles. The van der Waals surface area contributed by atoms with Gasteiger partial charge in [-0.05, 0) is 25.1 Å². The number of carbonyl (C=O) groups is 2. The second-order valence-corrected chi connectivity index (χ2v) is 6.40. The number of para-hydroxylation sites is 1. The van der Waals surface area contributed by atoms with E-state index < -0.39 is 11.9 Å². The number of nitrogens with zero attached hydrogens (tertiary/aromatic N) is 5. The molecule has 0 unspecified atom stereocenters. The molecule has 0 aliphatic carbocycles. The molecule has 3 aromatic rings. The Morgan fingerprint density at radius 1 is 1.25 bits per heavy atom. The predicted molar refractivity (Wildman–Crippen MR) is 105 cm³/mol. The van der Waals surface area contributed by atoms with Crippen LogP contribution in [0.5, 0.6) is 0 Å². The smallest absolute Gasteiger partial charge is 0.259 e. The molecule has 28 heavy (non-hydrogen) atoms. The molecule has 0 radical (unpaired) electrons. The maximum absolute atomic E-state index is 12.9. The van der Waals surface area contributed by atoms with Gasteiger partial charge in [0.15, 0.2) is 11.5 Å². The quantitative estimate of drug-likeness (QED) is 0.710. The van der Waals surface area contributed by atoms with E-state index in [0.717, 1.165) is 0 Å². The second-order valence-electron chi connectivity index (χ2n) is 6.40. The summed E-state index contributed by atoms with van der Waals surface area (Å²) in [5.74, 6) is 0.0886. The molecular formula is C19H19N7O2. The second kappa shape index (κ2) is 7.10. The molecule has 2 amide bonds. The van der Waals surface area contributed by atoms with Gasteiger partial charge in [0.25, 0.3) is 5.91 Å². The van der Waals surface area contributed by atoms with Crippen LogP contribution < -0.4 is 16.0 Å². The molecule has 3 N–H and O–H groups in total. The summed E-state index contributed by atoms with van der Waals surface area (Å²) in [6.45, 7) is 2.17. The number of carbonyl (C=O) groups excluding carboxylic acids is 2. The van der Waals surface area contributed by atoms with Gasteiger partial charge in [0.05, 0.1) is 11.7 Å². The highest BCUT2D eigenvalue weighted by Gasteiger charge is 2.30. The van der Waals surface area contributed by atoms with Gasteiger partial charge in [-0.2, -0.15) is 0 Å². The summed E-state index contributed by atoms with van der Waals surface area (Å²) in [4.78, 5) is 35.6. The van der Waals surface area contributed by atoms with Crippen LogP contribution in [0.3, 0.4) is 0 Å². The Labute approximate surface area is 160 Å². The fourth-order valence-corrected chi connectivity index (χ4v) is 3.22. The number of amidine groups is 1. The standard InChI is InChI=1S/C19H19N7O2/c1-12(17-22-10-8-14(27)26(17)13-6-3-2-4-7-13)23-19(28)15-16(20)24-25-11-5-9-21-18(15)25/h2-7,9,11-12H,8,10H2,1H3,(H2,20,24)(H,23,28)/t12-/m0/s1. The van der Waals surface area contributed by atoms with Crippen LogP contribution in [0, 0.1) is 0 Å². The van der Waals surface area contributed by atoms with Crippen molar-refractivity contribution in [3.8, 4) is 0 Å². The fraction of sp³-hybridized carbons (Fsp3) is 0.211. The van der Waals surface area contributed by atoms with Crippen molar-refractivity contribution in [2.75, 3.05) is 17.2 Å². The molecule has 0 bridgehead atoms. The minimum atomic E-state index is -0.519. The molecule has 9 nitrogen and oxygen atoms in total. The third kappa shape index (κ3) is 3.07. The van der Waals surface area contributed by atoms with E-state index >= 15 is 0 Å². The van der Waals surface area contributed by atoms with Crippen molar-refractivity contribution in [1.29, 1.82) is 0 Å². The Hall–Kier alpha value is -3.75. The highest BCUT2D eigenvalue weighted by atomic mass is 16.2. The molecule has 0 spiro atoms. The number of anilines is 2. The number of aromatic nitrogens is 3. The molecule has 3 heterocycles. The number of aliphatic imine (C=N–C) groups is 1. The molecule has 9 heteroatoms. The van der Waals surface area contributed by atoms with Crippen molar-refractivity contribution in [1.82, 2.24) is 19.9 Å². The van der Waals surface area contributed by atoms with Crippen LogP contribution in [0.2, 0.25) is 0 Å². The number of nitrogen functional groups attached to an aromatic ring is 1. The Bertz CT molecular complexity index is 1070. The predicted octanol–water partition coefficient (Wildman–Crippen LogP) is 1.27. The van der Waals surface area contributed by atoms with Crippen molar-refractivity contribution in [3.63, 3.8) is 0 Å². The van der Waals surface area contributed by atoms with Crippen molar-refractivity contribution in [2.24, 2.45) is 4.99 Å². The first-order valence-electron chi connectivity index (χ1n) is 8.88. The molecule has 0 fully saturated rings. The van der Waals surface area contributed by atoms with Crippen molar-refractivity contribution in [3.05, 3.63) is 54.4 Å². The lowest BCUT2D eigenvalue weighted by Crippen LogP contribution is -2.51. The number of nitrogens with one attached hydrogen (secondary N) is 1. The number of benzene rings is 1. The minimum Gasteiger partial charge on any atom is -0.381 e. The highest BCUT2D eigenvalue weighted by Crippen LogP contribution is 2.21.